The average Bonchev–Trinajstić information content (AvgIpc) is 2.45. The van der Waals surface area contributed by atoms with Crippen LogP contribution in [0.1, 0.15) is 21.5 Å². The van der Waals surface area contributed by atoms with Crippen LogP contribution in [0.15, 0.2) is 36.4 Å². The lowest BCUT2D eigenvalue weighted by Crippen LogP contribution is -2.05. The van der Waals surface area contributed by atoms with Gasteiger partial charge in [-0.1, -0.05) is 23.7 Å². The zero-order valence-electron chi connectivity index (χ0n) is 11.7. The molecule has 0 aromatic heterocycles. The molecule has 0 spiro atoms. The standard InChI is InChI=1S/C16H14ClFO3/c1-10-3-6-15(13(17)7-10)21-9-11-4-5-12(14(18)8-11)16(19)20-2/h3-8H,9H2,1-2H3. The monoisotopic (exact) mass is 308 g/mol. The van der Waals surface area contributed by atoms with E-state index < -0.39 is 11.8 Å². The number of rotatable bonds is 4. The van der Waals surface area contributed by atoms with E-state index in [1.807, 2.05) is 13.0 Å². The fraction of sp³-hybridized carbons (Fsp3) is 0.188. The van der Waals surface area contributed by atoms with E-state index in [2.05, 4.69) is 4.74 Å². The minimum atomic E-state index is -0.707. The summed E-state index contributed by atoms with van der Waals surface area (Å²) < 4.78 is 23.8. The molecule has 0 saturated heterocycles. The number of benzene rings is 2. The van der Waals surface area contributed by atoms with Crippen LogP contribution < -0.4 is 4.74 Å². The summed E-state index contributed by atoms with van der Waals surface area (Å²) in [6.45, 7) is 2.08. The zero-order valence-corrected chi connectivity index (χ0v) is 12.4. The summed E-state index contributed by atoms with van der Waals surface area (Å²) in [5.41, 5.74) is 1.52. The lowest BCUT2D eigenvalue weighted by Gasteiger charge is -2.09. The van der Waals surface area contributed by atoms with E-state index in [-0.39, 0.29) is 12.2 Å². The van der Waals surface area contributed by atoms with Crippen molar-refractivity contribution >= 4 is 17.6 Å². The van der Waals surface area contributed by atoms with Crippen molar-refractivity contribution in [2.24, 2.45) is 0 Å². The Morgan fingerprint density at radius 3 is 2.62 bits per heavy atom. The molecule has 0 unspecified atom stereocenters. The Labute approximate surface area is 127 Å². The Morgan fingerprint density at radius 1 is 1.24 bits per heavy atom. The van der Waals surface area contributed by atoms with E-state index >= 15 is 0 Å². The van der Waals surface area contributed by atoms with Gasteiger partial charge in [0.25, 0.3) is 0 Å². The maximum Gasteiger partial charge on any atom is 0.340 e. The van der Waals surface area contributed by atoms with Crippen molar-refractivity contribution in [1.29, 1.82) is 0 Å². The third-order valence-electron chi connectivity index (χ3n) is 2.92. The van der Waals surface area contributed by atoms with Crippen molar-refractivity contribution in [3.8, 4) is 5.75 Å². The van der Waals surface area contributed by atoms with Gasteiger partial charge in [-0.25, -0.2) is 9.18 Å². The highest BCUT2D eigenvalue weighted by molar-refractivity contribution is 6.32. The molecule has 2 aromatic rings. The number of carbonyl (C=O) groups excluding carboxylic acids is 1. The van der Waals surface area contributed by atoms with Gasteiger partial charge < -0.3 is 9.47 Å². The van der Waals surface area contributed by atoms with Gasteiger partial charge >= 0.3 is 5.97 Å². The van der Waals surface area contributed by atoms with E-state index in [0.717, 1.165) is 5.56 Å². The van der Waals surface area contributed by atoms with Gasteiger partial charge in [0.15, 0.2) is 0 Å². The van der Waals surface area contributed by atoms with Gasteiger partial charge in [-0.05, 0) is 42.3 Å². The van der Waals surface area contributed by atoms with E-state index in [1.165, 1.54) is 19.2 Å². The lowest BCUT2D eigenvalue weighted by atomic mass is 10.1. The van der Waals surface area contributed by atoms with Gasteiger partial charge in [-0.2, -0.15) is 0 Å². The predicted molar refractivity (Wildman–Crippen MR) is 78.3 cm³/mol. The fourth-order valence-electron chi connectivity index (χ4n) is 1.81. The summed E-state index contributed by atoms with van der Waals surface area (Å²) in [7, 11) is 1.21. The highest BCUT2D eigenvalue weighted by Gasteiger charge is 2.12. The van der Waals surface area contributed by atoms with E-state index in [4.69, 9.17) is 16.3 Å². The molecular weight excluding hydrogens is 295 g/mol. The number of methoxy groups -OCH3 is 1. The number of hydrogen-bond donors (Lipinski definition) is 0. The third kappa shape index (κ3) is 3.73. The molecule has 2 rings (SSSR count). The first-order valence-electron chi connectivity index (χ1n) is 6.27. The molecule has 3 nitrogen and oxygen atoms in total. The molecule has 0 aliphatic rings. The van der Waals surface area contributed by atoms with Gasteiger partial charge in [0.05, 0.1) is 17.7 Å². The van der Waals surface area contributed by atoms with E-state index in [0.29, 0.717) is 16.3 Å². The summed E-state index contributed by atoms with van der Waals surface area (Å²) in [5.74, 6) is -0.820. The Balaban J connectivity index is 2.10. The van der Waals surface area contributed by atoms with Crippen LogP contribution in [-0.2, 0) is 11.3 Å². The topological polar surface area (TPSA) is 35.5 Å². The Kier molecular flexibility index (Phi) is 4.81. The quantitative estimate of drug-likeness (QED) is 0.796. The van der Waals surface area contributed by atoms with Crippen molar-refractivity contribution < 1.29 is 18.7 Å². The van der Waals surface area contributed by atoms with Crippen LogP contribution in [0, 0.1) is 12.7 Å². The molecule has 0 aliphatic carbocycles. The summed E-state index contributed by atoms with van der Waals surface area (Å²) in [6, 6.07) is 9.65. The molecule has 0 N–H and O–H groups in total. The second-order valence-electron chi connectivity index (χ2n) is 4.53. The average molecular weight is 309 g/mol. The van der Waals surface area contributed by atoms with Crippen LogP contribution in [0.4, 0.5) is 4.39 Å². The number of hydrogen-bond acceptors (Lipinski definition) is 3. The van der Waals surface area contributed by atoms with E-state index in [9.17, 15) is 9.18 Å². The first-order valence-corrected chi connectivity index (χ1v) is 6.64. The molecule has 0 atom stereocenters. The van der Waals surface area contributed by atoms with Gasteiger partial charge in [0.2, 0.25) is 0 Å². The molecule has 0 heterocycles. The van der Waals surface area contributed by atoms with Crippen LogP contribution in [0.2, 0.25) is 5.02 Å². The Morgan fingerprint density at radius 2 is 2.00 bits per heavy atom. The highest BCUT2D eigenvalue weighted by Crippen LogP contribution is 2.26. The van der Waals surface area contributed by atoms with Crippen molar-refractivity contribution in [3.63, 3.8) is 0 Å². The third-order valence-corrected chi connectivity index (χ3v) is 3.22. The minimum absolute atomic E-state index is 0.102. The maximum absolute atomic E-state index is 13.8. The molecule has 5 heteroatoms. The van der Waals surface area contributed by atoms with Crippen LogP contribution in [-0.4, -0.2) is 13.1 Å². The molecule has 110 valence electrons. The smallest absolute Gasteiger partial charge is 0.340 e. The number of esters is 1. The summed E-state index contributed by atoms with van der Waals surface area (Å²) in [4.78, 5) is 11.3. The van der Waals surface area contributed by atoms with Crippen LogP contribution in [0.3, 0.4) is 0 Å². The summed E-state index contributed by atoms with van der Waals surface area (Å²) in [5, 5.41) is 0.502. The SMILES string of the molecule is COC(=O)c1ccc(COc2ccc(C)cc2Cl)cc1F. The zero-order chi connectivity index (χ0) is 15.4. The first-order chi connectivity index (χ1) is 10.0. The molecule has 2 aromatic carbocycles. The van der Waals surface area contributed by atoms with E-state index in [1.54, 1.807) is 18.2 Å². The van der Waals surface area contributed by atoms with Gasteiger partial charge in [-0.15, -0.1) is 0 Å². The number of aryl methyl sites for hydroxylation is 1. The van der Waals surface area contributed by atoms with Crippen LogP contribution in [0.25, 0.3) is 0 Å². The Hall–Kier alpha value is -2.07. The highest BCUT2D eigenvalue weighted by atomic mass is 35.5. The largest absolute Gasteiger partial charge is 0.487 e. The normalized spacial score (nSPS) is 10.3. The van der Waals surface area contributed by atoms with Crippen LogP contribution >= 0.6 is 11.6 Å². The fourth-order valence-corrected chi connectivity index (χ4v) is 2.10. The van der Waals surface area contributed by atoms with Crippen molar-refractivity contribution in [2.45, 2.75) is 13.5 Å². The molecule has 0 fully saturated rings. The first kappa shape index (κ1) is 15.3. The molecule has 0 bridgehead atoms. The summed E-state index contributed by atoms with van der Waals surface area (Å²) >= 11 is 6.05. The Bertz CT molecular complexity index is 671. The molecule has 0 aliphatic heterocycles. The van der Waals surface area contributed by atoms with Gasteiger partial charge in [0, 0.05) is 0 Å². The van der Waals surface area contributed by atoms with Gasteiger partial charge in [0.1, 0.15) is 18.2 Å². The second-order valence-corrected chi connectivity index (χ2v) is 4.94. The second kappa shape index (κ2) is 6.59. The van der Waals surface area contributed by atoms with Crippen molar-refractivity contribution in [3.05, 3.63) is 63.9 Å². The maximum atomic E-state index is 13.8. The molecule has 0 saturated carbocycles. The van der Waals surface area contributed by atoms with Crippen molar-refractivity contribution in [2.75, 3.05) is 7.11 Å². The van der Waals surface area contributed by atoms with Gasteiger partial charge in [-0.3, -0.25) is 0 Å². The van der Waals surface area contributed by atoms with Crippen molar-refractivity contribution in [1.82, 2.24) is 0 Å². The molecule has 0 amide bonds. The minimum Gasteiger partial charge on any atom is -0.487 e. The molecule has 0 radical (unpaired) electrons. The number of carbonyl (C=O) groups is 1. The van der Waals surface area contributed by atoms with Crippen LogP contribution in [0.5, 0.6) is 5.75 Å². The molecule has 21 heavy (non-hydrogen) atoms. The summed E-state index contributed by atoms with van der Waals surface area (Å²) in [6.07, 6.45) is 0. The number of ether oxygens (including phenoxy) is 2. The number of halogens is 2. The predicted octanol–water partition coefficient (Wildman–Crippen LogP) is 4.15. The molecular formula is C16H14ClFO3. The lowest BCUT2D eigenvalue weighted by molar-refractivity contribution is 0.0595.